The van der Waals surface area contributed by atoms with Crippen molar-refractivity contribution in [2.24, 2.45) is 5.92 Å². The van der Waals surface area contributed by atoms with Crippen LogP contribution in [0.1, 0.15) is 63.2 Å². The molecular weight excluding hydrogens is 338 g/mol. The van der Waals surface area contributed by atoms with E-state index in [1.54, 1.807) is 0 Å². The monoisotopic (exact) mass is 371 g/mol. The predicted octanol–water partition coefficient (Wildman–Crippen LogP) is 3.44. The van der Waals surface area contributed by atoms with Gasteiger partial charge in [0.15, 0.2) is 0 Å². The quantitative estimate of drug-likeness (QED) is 0.882. The zero-order valence-electron chi connectivity index (χ0n) is 16.9. The van der Waals surface area contributed by atoms with Crippen molar-refractivity contribution in [1.29, 1.82) is 0 Å². The Labute approximate surface area is 163 Å². The zero-order valence-corrected chi connectivity index (χ0v) is 16.9. The number of anilines is 1. The minimum Gasteiger partial charge on any atom is -0.371 e. The van der Waals surface area contributed by atoms with Crippen LogP contribution < -0.4 is 10.2 Å². The minimum atomic E-state index is 0.0212. The van der Waals surface area contributed by atoms with E-state index in [4.69, 9.17) is 0 Å². The summed E-state index contributed by atoms with van der Waals surface area (Å²) in [5.74, 6) is 0.309. The minimum absolute atomic E-state index is 0.0212. The van der Waals surface area contributed by atoms with Gasteiger partial charge in [-0.05, 0) is 51.2 Å². The van der Waals surface area contributed by atoms with Crippen molar-refractivity contribution in [1.82, 2.24) is 10.2 Å². The summed E-state index contributed by atoms with van der Waals surface area (Å²) < 4.78 is 0. The molecule has 148 valence electrons. The fourth-order valence-corrected chi connectivity index (χ4v) is 4.12. The molecule has 1 N–H and O–H groups in total. The molecule has 3 rings (SSSR count). The lowest BCUT2D eigenvalue weighted by molar-refractivity contribution is -0.124. The van der Waals surface area contributed by atoms with Crippen molar-refractivity contribution in [3.63, 3.8) is 0 Å². The second-order valence-electron chi connectivity index (χ2n) is 8.29. The fraction of sp³-hybridized carbons (Fsp3) is 0.636. The predicted molar refractivity (Wildman–Crippen MR) is 109 cm³/mol. The Morgan fingerprint density at radius 2 is 1.74 bits per heavy atom. The highest BCUT2D eigenvalue weighted by Crippen LogP contribution is 2.28. The van der Waals surface area contributed by atoms with Gasteiger partial charge in [-0.2, -0.15) is 0 Å². The highest BCUT2D eigenvalue weighted by molar-refractivity contribution is 6.00. The van der Waals surface area contributed by atoms with Gasteiger partial charge in [0, 0.05) is 43.3 Å². The fourth-order valence-electron chi connectivity index (χ4n) is 4.12. The molecule has 0 aliphatic carbocycles. The topological polar surface area (TPSA) is 52.7 Å². The highest BCUT2D eigenvalue weighted by Gasteiger charge is 2.28. The van der Waals surface area contributed by atoms with Gasteiger partial charge in [0.25, 0.3) is 5.91 Å². The smallest absolute Gasteiger partial charge is 0.256 e. The molecule has 27 heavy (non-hydrogen) atoms. The average molecular weight is 372 g/mol. The number of benzene rings is 1. The average Bonchev–Trinajstić information content (AvgIpc) is 2.68. The molecule has 0 saturated carbocycles. The molecule has 1 aromatic carbocycles. The van der Waals surface area contributed by atoms with Crippen LogP contribution in [0.15, 0.2) is 24.3 Å². The van der Waals surface area contributed by atoms with Crippen molar-refractivity contribution in [3.05, 3.63) is 29.8 Å². The third kappa shape index (κ3) is 4.63. The molecule has 2 aliphatic rings. The standard InChI is InChI=1S/C22H33N3O2/c1-16(2)21(26)23-18-11-14-24(15-12-18)20-10-5-4-9-19(20)22(27)25-13-7-6-8-17(25)3/h4-5,9-10,16-18H,6-8,11-15H2,1-3H3,(H,23,26)/t17-/m0/s1. The summed E-state index contributed by atoms with van der Waals surface area (Å²) >= 11 is 0. The molecule has 2 saturated heterocycles. The van der Waals surface area contributed by atoms with Crippen LogP contribution in [0.5, 0.6) is 0 Å². The molecule has 2 aliphatic heterocycles. The van der Waals surface area contributed by atoms with Gasteiger partial charge in [-0.15, -0.1) is 0 Å². The number of nitrogens with one attached hydrogen (secondary N) is 1. The van der Waals surface area contributed by atoms with E-state index < -0.39 is 0 Å². The van der Waals surface area contributed by atoms with Gasteiger partial charge >= 0.3 is 0 Å². The molecule has 0 spiro atoms. The Balaban J connectivity index is 1.68. The van der Waals surface area contributed by atoms with Gasteiger partial charge in [-0.1, -0.05) is 26.0 Å². The number of para-hydroxylation sites is 1. The van der Waals surface area contributed by atoms with Gasteiger partial charge in [0.1, 0.15) is 0 Å². The number of carbonyl (C=O) groups excluding carboxylic acids is 2. The summed E-state index contributed by atoms with van der Waals surface area (Å²) in [6, 6.07) is 8.55. The Bertz CT molecular complexity index is 665. The van der Waals surface area contributed by atoms with Crippen molar-refractivity contribution in [2.45, 2.75) is 65.0 Å². The van der Waals surface area contributed by atoms with Gasteiger partial charge in [-0.3, -0.25) is 9.59 Å². The molecular formula is C22H33N3O2. The van der Waals surface area contributed by atoms with E-state index in [0.29, 0.717) is 6.04 Å². The summed E-state index contributed by atoms with van der Waals surface area (Å²) in [4.78, 5) is 29.5. The zero-order chi connectivity index (χ0) is 19.4. The lowest BCUT2D eigenvalue weighted by atomic mass is 9.99. The number of carbonyl (C=O) groups is 2. The van der Waals surface area contributed by atoms with Crippen LogP contribution in [-0.2, 0) is 4.79 Å². The summed E-state index contributed by atoms with van der Waals surface area (Å²) in [5.41, 5.74) is 1.85. The van der Waals surface area contributed by atoms with Crippen LogP contribution in [0.2, 0.25) is 0 Å². The Kier molecular flexibility index (Phi) is 6.40. The van der Waals surface area contributed by atoms with Crippen molar-refractivity contribution < 1.29 is 9.59 Å². The van der Waals surface area contributed by atoms with E-state index >= 15 is 0 Å². The van der Waals surface area contributed by atoms with E-state index in [0.717, 1.165) is 56.6 Å². The number of hydrogen-bond donors (Lipinski definition) is 1. The van der Waals surface area contributed by atoms with E-state index in [1.807, 2.05) is 36.9 Å². The Morgan fingerprint density at radius 1 is 1.04 bits per heavy atom. The number of hydrogen-bond acceptors (Lipinski definition) is 3. The van der Waals surface area contributed by atoms with Gasteiger partial charge in [-0.25, -0.2) is 0 Å². The Hall–Kier alpha value is -2.04. The first-order valence-corrected chi connectivity index (χ1v) is 10.4. The van der Waals surface area contributed by atoms with E-state index in [2.05, 4.69) is 23.2 Å². The third-order valence-corrected chi connectivity index (χ3v) is 5.90. The molecule has 2 fully saturated rings. The maximum Gasteiger partial charge on any atom is 0.256 e. The molecule has 5 heteroatoms. The van der Waals surface area contributed by atoms with Gasteiger partial charge in [0.2, 0.25) is 5.91 Å². The van der Waals surface area contributed by atoms with Crippen molar-refractivity contribution in [2.75, 3.05) is 24.5 Å². The number of rotatable bonds is 4. The maximum atomic E-state index is 13.2. The van der Waals surface area contributed by atoms with Gasteiger partial charge in [0.05, 0.1) is 5.56 Å². The number of piperidine rings is 2. The second-order valence-corrected chi connectivity index (χ2v) is 8.29. The number of nitrogens with zero attached hydrogens (tertiary/aromatic N) is 2. The van der Waals surface area contributed by atoms with Crippen LogP contribution in [0, 0.1) is 5.92 Å². The molecule has 2 amide bonds. The third-order valence-electron chi connectivity index (χ3n) is 5.90. The second kappa shape index (κ2) is 8.77. The van der Waals surface area contributed by atoms with E-state index in [1.165, 1.54) is 6.42 Å². The number of amides is 2. The summed E-state index contributed by atoms with van der Waals surface area (Å²) in [6.45, 7) is 8.59. The lowest BCUT2D eigenvalue weighted by Gasteiger charge is -2.37. The summed E-state index contributed by atoms with van der Waals surface area (Å²) in [6.07, 6.45) is 5.23. The van der Waals surface area contributed by atoms with Crippen LogP contribution >= 0.6 is 0 Å². The van der Waals surface area contributed by atoms with Crippen molar-refractivity contribution >= 4 is 17.5 Å². The Morgan fingerprint density at radius 3 is 2.41 bits per heavy atom. The van der Waals surface area contributed by atoms with Crippen LogP contribution in [0.3, 0.4) is 0 Å². The normalized spacial score (nSPS) is 21.4. The first-order chi connectivity index (χ1) is 13.0. The SMILES string of the molecule is CC(C)C(=O)NC1CCN(c2ccccc2C(=O)N2CCCC[C@@H]2C)CC1. The van der Waals surface area contributed by atoms with Crippen LogP contribution in [0.25, 0.3) is 0 Å². The molecule has 1 aromatic rings. The molecule has 2 heterocycles. The largest absolute Gasteiger partial charge is 0.371 e. The molecule has 1 atom stereocenters. The molecule has 0 unspecified atom stereocenters. The van der Waals surface area contributed by atoms with E-state index in [-0.39, 0.29) is 23.8 Å². The molecule has 0 radical (unpaired) electrons. The molecule has 5 nitrogen and oxygen atoms in total. The summed E-state index contributed by atoms with van der Waals surface area (Å²) in [5, 5.41) is 3.14. The van der Waals surface area contributed by atoms with Crippen LogP contribution in [-0.4, -0.2) is 48.4 Å². The van der Waals surface area contributed by atoms with Gasteiger partial charge < -0.3 is 15.1 Å². The highest BCUT2D eigenvalue weighted by atomic mass is 16.2. The maximum absolute atomic E-state index is 13.2. The van der Waals surface area contributed by atoms with E-state index in [9.17, 15) is 9.59 Å². The summed E-state index contributed by atoms with van der Waals surface area (Å²) in [7, 11) is 0. The number of likely N-dealkylation sites (tertiary alicyclic amines) is 1. The first-order valence-electron chi connectivity index (χ1n) is 10.4. The van der Waals surface area contributed by atoms with Crippen molar-refractivity contribution in [3.8, 4) is 0 Å². The lowest BCUT2D eigenvalue weighted by Crippen LogP contribution is -2.46. The van der Waals surface area contributed by atoms with Crippen LogP contribution in [0.4, 0.5) is 5.69 Å². The molecule has 0 bridgehead atoms. The molecule has 0 aromatic heterocycles. The first kappa shape index (κ1) is 19.7.